The molecule has 21 heteroatoms. The van der Waals surface area contributed by atoms with E-state index in [0.29, 0.717) is 0 Å². The first-order valence-corrected chi connectivity index (χ1v) is 5.33. The van der Waals surface area contributed by atoms with E-state index in [9.17, 15) is 0 Å². The van der Waals surface area contributed by atoms with Crippen molar-refractivity contribution in [3.8, 4) is 0 Å². The first kappa shape index (κ1) is 41.0. The van der Waals surface area contributed by atoms with Crippen LogP contribution >= 0.6 is 0 Å². The third-order valence-corrected chi connectivity index (χ3v) is 0.833. The first-order valence-electron chi connectivity index (χ1n) is 5.33. The Kier molecular flexibility index (Phi) is 31.0. The van der Waals surface area contributed by atoms with E-state index in [4.69, 9.17) is 99.0 Å². The van der Waals surface area contributed by atoms with Crippen molar-refractivity contribution in [3.63, 3.8) is 0 Å². The largest absolute Gasteiger partial charge is 5.00 e. The molecule has 0 bridgehead atoms. The molecule has 170 valence electrons. The summed E-state index contributed by atoms with van der Waals surface area (Å²) in [5.74, 6) is -21.9. The third-order valence-electron chi connectivity index (χ3n) is 0.833. The summed E-state index contributed by atoms with van der Waals surface area (Å²) < 4.78 is 0. The fourth-order valence-corrected chi connectivity index (χ4v) is 0. The molecule has 0 aliphatic rings. The molecular weight excluding hydrogens is 533 g/mol. The summed E-state index contributed by atoms with van der Waals surface area (Å²) >= 11 is 0. The van der Waals surface area contributed by atoms with Crippen molar-refractivity contribution in [2.24, 2.45) is 0 Å². The van der Waals surface area contributed by atoms with Crippen LogP contribution in [-0.2, 0) is 70.3 Å². The molecule has 0 aromatic carbocycles. The molecule has 0 amide bonds. The van der Waals surface area contributed by atoms with Gasteiger partial charge in [0.25, 0.3) is 0 Å². The number of rotatable bonds is 0. The van der Waals surface area contributed by atoms with Crippen LogP contribution in [0.5, 0.6) is 0 Å². The summed E-state index contributed by atoms with van der Waals surface area (Å²) in [5.41, 5.74) is 0. The molecule has 0 saturated heterocycles. The van der Waals surface area contributed by atoms with Gasteiger partial charge in [0, 0.05) is 0 Å². The molecule has 0 spiro atoms. The van der Waals surface area contributed by atoms with Gasteiger partial charge in [0.1, 0.15) is 0 Å². The van der Waals surface area contributed by atoms with Gasteiger partial charge in [0.05, 0.1) is 59.7 Å². The second-order valence-electron chi connectivity index (χ2n) is 2.87. The molecule has 0 atom stereocenters. The molecule has 0 N–H and O–H groups in total. The van der Waals surface area contributed by atoms with Gasteiger partial charge in [0.15, 0.2) is 0 Å². The zero-order valence-corrected chi connectivity index (χ0v) is 15.8. The SMILES string of the molecule is O=C([O-])C(=O)[O-].O=C([O-])C(=O)[O-].O=C([O-])C(=O)[O-].O=C([O-])C(=O)[O-].O=C([O-])C(=O)[O-].[H+].[H+].[H+].[H+].[H+].[Nb+5]. The van der Waals surface area contributed by atoms with Gasteiger partial charge in [-0.3, -0.25) is 0 Å². The average molecular weight is 538 g/mol. The molecule has 0 aromatic rings. The van der Waals surface area contributed by atoms with E-state index in [-0.39, 0.29) is 29.5 Å². The fourth-order valence-electron chi connectivity index (χ4n) is 0. The Labute approximate surface area is 189 Å². The molecule has 0 aliphatic carbocycles. The molecule has 31 heavy (non-hydrogen) atoms. The number of carbonyl (C=O) groups is 10. The number of carbonyl (C=O) groups excluding carboxylic acids is 10. The zero-order valence-electron chi connectivity index (χ0n) is 18.6. The maximum atomic E-state index is 8.93. The van der Waals surface area contributed by atoms with E-state index in [1.54, 1.807) is 0 Å². The molecule has 0 saturated carbocycles. The normalized spacial score (nSPS) is 7.10. The van der Waals surface area contributed by atoms with Crippen molar-refractivity contribution in [1.29, 1.82) is 0 Å². The second kappa shape index (κ2) is 23.5. The quantitative estimate of drug-likeness (QED) is 0.204. The predicted octanol–water partition coefficient (Wildman–Crippen LogP) is -17.0. The Hall–Kier alpha value is -4.56. The van der Waals surface area contributed by atoms with Gasteiger partial charge in [-0.25, -0.2) is 0 Å². The smallest absolute Gasteiger partial charge is 0.543 e. The van der Waals surface area contributed by atoms with E-state index >= 15 is 0 Å². The van der Waals surface area contributed by atoms with Gasteiger partial charge in [-0.1, -0.05) is 0 Å². The number of hydrogen-bond donors (Lipinski definition) is 0. The van der Waals surface area contributed by atoms with Crippen molar-refractivity contribution in [2.75, 3.05) is 0 Å². The molecule has 0 radical (unpaired) electrons. The van der Waals surface area contributed by atoms with Crippen LogP contribution in [0.3, 0.4) is 0 Å². The fraction of sp³-hybridized carbons (Fsp3) is 0. The molecule has 0 aromatic heterocycles. The molecule has 0 aliphatic heterocycles. The topological polar surface area (TPSA) is 401 Å². The van der Waals surface area contributed by atoms with Crippen molar-refractivity contribution in [3.05, 3.63) is 0 Å². The van der Waals surface area contributed by atoms with Crippen LogP contribution in [0.4, 0.5) is 0 Å². The Balaban J connectivity index is -0.0000000231. The van der Waals surface area contributed by atoms with E-state index in [2.05, 4.69) is 0 Å². The molecular formula is C10H5NbO20. The minimum absolute atomic E-state index is 0. The third kappa shape index (κ3) is 58.6. The van der Waals surface area contributed by atoms with E-state index in [0.717, 1.165) is 0 Å². The van der Waals surface area contributed by atoms with Gasteiger partial charge in [-0.15, -0.1) is 0 Å². The van der Waals surface area contributed by atoms with Gasteiger partial charge in [0.2, 0.25) is 0 Å². The van der Waals surface area contributed by atoms with E-state index in [1.165, 1.54) is 0 Å². The van der Waals surface area contributed by atoms with Gasteiger partial charge in [-0.2, -0.15) is 0 Å². The molecule has 0 fully saturated rings. The summed E-state index contributed by atoms with van der Waals surface area (Å²) in [6.45, 7) is 0. The predicted molar refractivity (Wildman–Crippen MR) is 55.6 cm³/mol. The molecule has 0 heterocycles. The van der Waals surface area contributed by atoms with Crippen molar-refractivity contribution in [1.82, 2.24) is 0 Å². The standard InChI is InChI=1S/5C2H2O4.Nb/c5*3-1(4)2(5)6;/h5*(H,3,4)(H,5,6);/q;;;;;+5/p-5. The summed E-state index contributed by atoms with van der Waals surface area (Å²) in [5, 5.41) is 89.3. The maximum absolute atomic E-state index is 8.93. The van der Waals surface area contributed by atoms with Gasteiger partial charge in [-0.05, 0) is 0 Å². The number of carboxylic acids is 10. The Bertz CT molecular complexity index is 524. The van der Waals surface area contributed by atoms with E-state index in [1.807, 2.05) is 0 Å². The van der Waals surface area contributed by atoms with Crippen molar-refractivity contribution >= 4 is 59.7 Å². The van der Waals surface area contributed by atoms with E-state index < -0.39 is 59.7 Å². The summed E-state index contributed by atoms with van der Waals surface area (Å²) in [4.78, 5) is 89.3. The average Bonchev–Trinajstić information content (AvgIpc) is 2.56. The van der Waals surface area contributed by atoms with Gasteiger partial charge >= 0.3 is 29.5 Å². The molecule has 0 unspecified atom stereocenters. The number of hydrogen-bond acceptors (Lipinski definition) is 20. The zero-order chi connectivity index (χ0) is 25.8. The summed E-state index contributed by atoms with van der Waals surface area (Å²) in [7, 11) is 0. The molecule has 20 nitrogen and oxygen atoms in total. The van der Waals surface area contributed by atoms with Crippen molar-refractivity contribution < 1.29 is 129 Å². The first-order chi connectivity index (χ1) is 13.2. The van der Waals surface area contributed by atoms with Crippen LogP contribution < -0.4 is 51.1 Å². The van der Waals surface area contributed by atoms with Gasteiger partial charge < -0.3 is 99.0 Å². The van der Waals surface area contributed by atoms with Crippen LogP contribution in [0.1, 0.15) is 7.13 Å². The Morgan fingerprint density at radius 2 is 0.290 bits per heavy atom. The van der Waals surface area contributed by atoms with Crippen LogP contribution in [0.15, 0.2) is 0 Å². The molecule has 0 rings (SSSR count). The van der Waals surface area contributed by atoms with Crippen LogP contribution in [0.25, 0.3) is 0 Å². The number of aliphatic carboxylic acids is 10. The monoisotopic (exact) mass is 538 g/mol. The summed E-state index contributed by atoms with van der Waals surface area (Å²) in [6.07, 6.45) is 0. The maximum Gasteiger partial charge on any atom is 5.00 e. The Morgan fingerprint density at radius 1 is 0.258 bits per heavy atom. The van der Waals surface area contributed by atoms with Crippen LogP contribution in [0, 0.1) is 0 Å². The van der Waals surface area contributed by atoms with Crippen LogP contribution in [0.2, 0.25) is 0 Å². The minimum atomic E-state index is -2.19. The van der Waals surface area contributed by atoms with Crippen LogP contribution in [-0.4, -0.2) is 59.7 Å². The Morgan fingerprint density at radius 3 is 0.290 bits per heavy atom. The minimum Gasteiger partial charge on any atom is -0.543 e. The number of carboxylic acid groups (broad SMARTS) is 10. The summed E-state index contributed by atoms with van der Waals surface area (Å²) in [6, 6.07) is 0. The van der Waals surface area contributed by atoms with Crippen molar-refractivity contribution in [2.45, 2.75) is 0 Å². The second-order valence-corrected chi connectivity index (χ2v) is 2.87.